The molecule has 0 saturated heterocycles. The van der Waals surface area contributed by atoms with Crippen molar-refractivity contribution in [3.05, 3.63) is 29.8 Å². The number of aliphatic hydroxyl groups excluding tert-OH is 1. The van der Waals surface area contributed by atoms with Gasteiger partial charge in [0, 0.05) is 19.4 Å². The molecule has 1 amide bonds. The highest BCUT2D eigenvalue weighted by Gasteiger charge is 2.37. The van der Waals surface area contributed by atoms with Crippen molar-refractivity contribution in [3.8, 4) is 5.75 Å². The van der Waals surface area contributed by atoms with E-state index in [0.29, 0.717) is 18.8 Å². The highest BCUT2D eigenvalue weighted by Crippen LogP contribution is 2.20. The van der Waals surface area contributed by atoms with Crippen molar-refractivity contribution >= 4 is 12.1 Å². The fourth-order valence-corrected chi connectivity index (χ4v) is 2.29. The van der Waals surface area contributed by atoms with E-state index in [1.807, 2.05) is 12.1 Å². The van der Waals surface area contributed by atoms with Gasteiger partial charge < -0.3 is 24.6 Å². The number of carbonyl (C=O) groups excluding carboxylic acids is 2. The van der Waals surface area contributed by atoms with Gasteiger partial charge in [-0.2, -0.15) is 0 Å². The minimum Gasteiger partial charge on any atom is -0.494 e. The summed E-state index contributed by atoms with van der Waals surface area (Å²) in [5.74, 6) is 0.105. The van der Waals surface area contributed by atoms with Crippen LogP contribution in [0.2, 0.25) is 0 Å². The van der Waals surface area contributed by atoms with Gasteiger partial charge in [0.2, 0.25) is 0 Å². The largest absolute Gasteiger partial charge is 0.494 e. The molecule has 26 heavy (non-hydrogen) atoms. The normalized spacial score (nSPS) is 13.5. The van der Waals surface area contributed by atoms with Crippen molar-refractivity contribution in [3.63, 3.8) is 0 Å². The first-order valence-corrected chi connectivity index (χ1v) is 8.52. The number of hydrogen-bond donors (Lipinski definition) is 2. The number of rotatable bonds is 8. The lowest BCUT2D eigenvalue weighted by Gasteiger charge is -2.29. The van der Waals surface area contributed by atoms with Crippen LogP contribution in [0.4, 0.5) is 4.79 Å². The Kier molecular flexibility index (Phi) is 7.89. The Balaban J connectivity index is 2.83. The highest BCUT2D eigenvalue weighted by atomic mass is 16.6. The van der Waals surface area contributed by atoms with Crippen LogP contribution in [0, 0.1) is 0 Å². The molecule has 7 nitrogen and oxygen atoms in total. The first-order chi connectivity index (χ1) is 12.1. The average molecular weight is 367 g/mol. The monoisotopic (exact) mass is 367 g/mol. The third-order valence-corrected chi connectivity index (χ3v) is 3.46. The SMILES string of the molecule is COC(=O)[C@](C)(Cc1ccc(OCCCO)cc1)NC(=O)OC(C)(C)C. The molecule has 0 aliphatic heterocycles. The zero-order valence-corrected chi connectivity index (χ0v) is 16.1. The lowest BCUT2D eigenvalue weighted by atomic mass is 9.93. The number of carbonyl (C=O) groups is 2. The van der Waals surface area contributed by atoms with Crippen LogP contribution in [0.25, 0.3) is 0 Å². The maximum atomic E-state index is 12.2. The molecule has 0 aliphatic rings. The zero-order chi connectivity index (χ0) is 19.8. The summed E-state index contributed by atoms with van der Waals surface area (Å²) in [4.78, 5) is 24.3. The molecule has 1 aromatic carbocycles. The number of aliphatic hydroxyl groups is 1. The molecule has 7 heteroatoms. The van der Waals surface area contributed by atoms with E-state index >= 15 is 0 Å². The number of hydrogen-bond acceptors (Lipinski definition) is 6. The topological polar surface area (TPSA) is 94.1 Å². The summed E-state index contributed by atoms with van der Waals surface area (Å²) >= 11 is 0. The number of amides is 1. The molecule has 0 aliphatic carbocycles. The van der Waals surface area contributed by atoms with E-state index in [0.717, 1.165) is 5.56 Å². The van der Waals surface area contributed by atoms with Gasteiger partial charge in [-0.25, -0.2) is 9.59 Å². The number of ether oxygens (including phenoxy) is 3. The maximum Gasteiger partial charge on any atom is 0.408 e. The predicted octanol–water partition coefficient (Wildman–Crippen LogP) is 2.45. The van der Waals surface area contributed by atoms with Gasteiger partial charge in [-0.1, -0.05) is 12.1 Å². The van der Waals surface area contributed by atoms with Gasteiger partial charge in [0.1, 0.15) is 16.9 Å². The van der Waals surface area contributed by atoms with Crippen LogP contribution in [0.15, 0.2) is 24.3 Å². The van der Waals surface area contributed by atoms with E-state index < -0.39 is 23.2 Å². The van der Waals surface area contributed by atoms with E-state index in [4.69, 9.17) is 19.3 Å². The van der Waals surface area contributed by atoms with Crippen LogP contribution in [0.5, 0.6) is 5.75 Å². The van der Waals surface area contributed by atoms with Crippen LogP contribution >= 0.6 is 0 Å². The lowest BCUT2D eigenvalue weighted by Crippen LogP contribution is -2.55. The Morgan fingerprint density at radius 1 is 1.12 bits per heavy atom. The summed E-state index contributed by atoms with van der Waals surface area (Å²) in [6.45, 7) is 7.34. The molecule has 0 saturated carbocycles. The van der Waals surface area contributed by atoms with Crippen LogP contribution in [-0.2, 0) is 20.7 Å². The van der Waals surface area contributed by atoms with Crippen LogP contribution in [-0.4, -0.2) is 48.6 Å². The molecule has 0 aromatic heterocycles. The minimum atomic E-state index is -1.27. The highest BCUT2D eigenvalue weighted by molar-refractivity contribution is 5.85. The van der Waals surface area contributed by atoms with Crippen molar-refractivity contribution in [2.45, 2.75) is 51.7 Å². The summed E-state index contributed by atoms with van der Waals surface area (Å²) in [5, 5.41) is 11.4. The van der Waals surface area contributed by atoms with Crippen molar-refractivity contribution < 1.29 is 28.9 Å². The maximum absolute atomic E-state index is 12.2. The molecular formula is C19H29NO6. The van der Waals surface area contributed by atoms with Gasteiger partial charge in [-0.3, -0.25) is 0 Å². The number of esters is 1. The number of nitrogens with one attached hydrogen (secondary N) is 1. The van der Waals surface area contributed by atoms with Crippen molar-refractivity contribution in [2.75, 3.05) is 20.3 Å². The van der Waals surface area contributed by atoms with Crippen LogP contribution < -0.4 is 10.1 Å². The van der Waals surface area contributed by atoms with Crippen molar-refractivity contribution in [1.82, 2.24) is 5.32 Å². The van der Waals surface area contributed by atoms with E-state index in [-0.39, 0.29) is 13.0 Å². The van der Waals surface area contributed by atoms with Crippen LogP contribution in [0.3, 0.4) is 0 Å². The van der Waals surface area contributed by atoms with Gasteiger partial charge in [-0.15, -0.1) is 0 Å². The average Bonchev–Trinajstić information content (AvgIpc) is 2.54. The van der Waals surface area contributed by atoms with Crippen molar-refractivity contribution in [1.29, 1.82) is 0 Å². The van der Waals surface area contributed by atoms with Gasteiger partial charge in [0.05, 0.1) is 13.7 Å². The molecule has 0 spiro atoms. The Bertz CT molecular complexity index is 593. The van der Waals surface area contributed by atoms with E-state index in [9.17, 15) is 9.59 Å². The minimum absolute atomic E-state index is 0.0753. The quantitative estimate of drug-likeness (QED) is 0.541. The molecule has 1 aromatic rings. The first-order valence-electron chi connectivity index (χ1n) is 8.52. The molecule has 0 bridgehead atoms. The smallest absolute Gasteiger partial charge is 0.408 e. The molecular weight excluding hydrogens is 338 g/mol. The van der Waals surface area contributed by atoms with Gasteiger partial charge in [0.15, 0.2) is 0 Å². The second-order valence-electron chi connectivity index (χ2n) is 7.20. The Morgan fingerprint density at radius 3 is 2.23 bits per heavy atom. The van der Waals surface area contributed by atoms with E-state index in [1.165, 1.54) is 7.11 Å². The van der Waals surface area contributed by atoms with Gasteiger partial charge >= 0.3 is 12.1 Å². The number of benzene rings is 1. The number of alkyl carbamates (subject to hydrolysis) is 1. The molecule has 2 N–H and O–H groups in total. The van der Waals surface area contributed by atoms with Gasteiger partial charge in [-0.05, 0) is 45.4 Å². The molecule has 146 valence electrons. The summed E-state index contributed by atoms with van der Waals surface area (Å²) in [6, 6.07) is 7.17. The van der Waals surface area contributed by atoms with E-state index in [2.05, 4.69) is 5.32 Å². The third-order valence-electron chi connectivity index (χ3n) is 3.46. The Hall–Kier alpha value is -2.28. The summed E-state index contributed by atoms with van der Waals surface area (Å²) in [7, 11) is 1.27. The van der Waals surface area contributed by atoms with E-state index in [1.54, 1.807) is 39.8 Å². The Labute approximate surface area is 154 Å². The molecule has 0 unspecified atom stereocenters. The lowest BCUT2D eigenvalue weighted by molar-refractivity contribution is -0.147. The van der Waals surface area contributed by atoms with Crippen molar-refractivity contribution in [2.24, 2.45) is 0 Å². The Morgan fingerprint density at radius 2 is 1.73 bits per heavy atom. The fraction of sp³-hybridized carbons (Fsp3) is 0.579. The molecule has 0 fully saturated rings. The molecule has 0 radical (unpaired) electrons. The second kappa shape index (κ2) is 9.43. The predicted molar refractivity (Wildman–Crippen MR) is 97.1 cm³/mol. The molecule has 0 heterocycles. The summed E-state index contributed by atoms with van der Waals surface area (Å²) in [6.07, 6.45) is 0.104. The van der Waals surface area contributed by atoms with Gasteiger partial charge in [0.25, 0.3) is 0 Å². The zero-order valence-electron chi connectivity index (χ0n) is 16.1. The fourth-order valence-electron chi connectivity index (χ4n) is 2.29. The first kappa shape index (κ1) is 21.8. The number of methoxy groups -OCH3 is 1. The second-order valence-corrected chi connectivity index (χ2v) is 7.20. The molecule has 1 rings (SSSR count). The molecule has 1 atom stereocenters. The summed E-state index contributed by atoms with van der Waals surface area (Å²) in [5.41, 5.74) is -1.12. The van der Waals surface area contributed by atoms with Crippen LogP contribution in [0.1, 0.15) is 39.7 Å². The standard InChI is InChI=1S/C19H29NO6/c1-18(2,3)26-17(23)20-19(4,16(22)24-5)13-14-7-9-15(10-8-14)25-12-6-11-21/h7-10,21H,6,11-13H2,1-5H3,(H,20,23)/t19-/m0/s1. The summed E-state index contributed by atoms with van der Waals surface area (Å²) < 4.78 is 15.6. The third kappa shape index (κ3) is 7.31.